The SMILES string of the molecule is COC(=O)NC1CCN(Cc2ccc(Br)c([N+](=O)[O-])c2)C1. The van der Waals surface area contributed by atoms with Gasteiger partial charge in [-0.1, -0.05) is 6.07 Å². The third-order valence-corrected chi connectivity index (χ3v) is 4.06. The van der Waals surface area contributed by atoms with E-state index in [0.29, 0.717) is 17.6 Å². The summed E-state index contributed by atoms with van der Waals surface area (Å²) in [6.45, 7) is 2.16. The first-order valence-electron chi connectivity index (χ1n) is 6.49. The normalized spacial score (nSPS) is 18.5. The average molecular weight is 358 g/mol. The minimum absolute atomic E-state index is 0.0582. The van der Waals surface area contributed by atoms with Crippen molar-refractivity contribution in [3.05, 3.63) is 38.3 Å². The Kier molecular flexibility index (Phi) is 5.13. The topological polar surface area (TPSA) is 84.7 Å². The molecule has 0 aliphatic carbocycles. The van der Waals surface area contributed by atoms with Crippen LogP contribution in [0.25, 0.3) is 0 Å². The van der Waals surface area contributed by atoms with Gasteiger partial charge in [0, 0.05) is 31.7 Å². The number of methoxy groups -OCH3 is 1. The third kappa shape index (κ3) is 4.15. The Balaban J connectivity index is 1.96. The van der Waals surface area contributed by atoms with Crippen LogP contribution in [0.3, 0.4) is 0 Å². The van der Waals surface area contributed by atoms with Crippen LogP contribution in [0.2, 0.25) is 0 Å². The van der Waals surface area contributed by atoms with E-state index >= 15 is 0 Å². The number of nitrogens with zero attached hydrogens (tertiary/aromatic N) is 2. The van der Waals surface area contributed by atoms with Gasteiger partial charge in [-0.05, 0) is 34.0 Å². The van der Waals surface area contributed by atoms with Crippen molar-refractivity contribution in [2.75, 3.05) is 20.2 Å². The molecule has 1 saturated heterocycles. The van der Waals surface area contributed by atoms with Gasteiger partial charge in [-0.2, -0.15) is 0 Å². The van der Waals surface area contributed by atoms with Crippen molar-refractivity contribution < 1.29 is 14.5 Å². The molecule has 1 unspecified atom stereocenters. The number of nitro groups is 1. The summed E-state index contributed by atoms with van der Waals surface area (Å²) in [4.78, 5) is 23.8. The molecule has 1 aliphatic heterocycles. The molecule has 1 heterocycles. The standard InChI is InChI=1S/C13H16BrN3O4/c1-21-13(18)15-10-4-5-16(8-10)7-9-2-3-11(14)12(6-9)17(19)20/h2-3,6,10H,4-5,7-8H2,1H3,(H,15,18). The molecule has 1 aromatic carbocycles. The number of alkyl carbamates (subject to hydrolysis) is 1. The van der Waals surface area contributed by atoms with Crippen LogP contribution in [-0.4, -0.2) is 42.2 Å². The molecule has 1 aliphatic rings. The van der Waals surface area contributed by atoms with Gasteiger partial charge in [0.25, 0.3) is 5.69 Å². The molecule has 8 heteroatoms. The second kappa shape index (κ2) is 6.86. The molecule has 7 nitrogen and oxygen atoms in total. The van der Waals surface area contributed by atoms with Gasteiger partial charge in [0.2, 0.25) is 0 Å². The maximum Gasteiger partial charge on any atom is 0.407 e. The zero-order valence-electron chi connectivity index (χ0n) is 11.5. The highest BCUT2D eigenvalue weighted by atomic mass is 79.9. The van der Waals surface area contributed by atoms with E-state index in [1.54, 1.807) is 12.1 Å². The van der Waals surface area contributed by atoms with Crippen LogP contribution in [0, 0.1) is 10.1 Å². The molecule has 0 bridgehead atoms. The Bertz CT molecular complexity index is 552. The van der Waals surface area contributed by atoms with E-state index < -0.39 is 11.0 Å². The minimum Gasteiger partial charge on any atom is -0.453 e. The molecule has 1 aromatic rings. The first-order chi connectivity index (χ1) is 9.99. The Hall–Kier alpha value is -1.67. The van der Waals surface area contributed by atoms with Crippen molar-refractivity contribution in [1.82, 2.24) is 10.2 Å². The maximum atomic E-state index is 11.2. The number of nitro benzene ring substituents is 1. The van der Waals surface area contributed by atoms with Crippen LogP contribution in [0.4, 0.5) is 10.5 Å². The highest BCUT2D eigenvalue weighted by Gasteiger charge is 2.24. The highest BCUT2D eigenvalue weighted by molar-refractivity contribution is 9.10. The minimum atomic E-state index is -0.430. The summed E-state index contributed by atoms with van der Waals surface area (Å²) >= 11 is 3.17. The predicted molar refractivity (Wildman–Crippen MR) is 80.0 cm³/mol. The summed E-state index contributed by atoms with van der Waals surface area (Å²) < 4.78 is 5.05. The Morgan fingerprint density at radius 3 is 3.05 bits per heavy atom. The van der Waals surface area contributed by atoms with Crippen molar-refractivity contribution in [3.8, 4) is 0 Å². The second-order valence-corrected chi connectivity index (χ2v) is 5.75. The molecule has 0 spiro atoms. The predicted octanol–water partition coefficient (Wildman–Crippen LogP) is 2.29. The largest absolute Gasteiger partial charge is 0.453 e. The molecule has 0 radical (unpaired) electrons. The number of amides is 1. The summed E-state index contributed by atoms with van der Waals surface area (Å²) in [6, 6.07) is 5.18. The van der Waals surface area contributed by atoms with Gasteiger partial charge in [0.15, 0.2) is 0 Å². The molecule has 0 saturated carbocycles. The zero-order valence-corrected chi connectivity index (χ0v) is 13.1. The second-order valence-electron chi connectivity index (χ2n) is 4.90. The molecule has 2 rings (SSSR count). The molecule has 1 fully saturated rings. The maximum absolute atomic E-state index is 11.2. The van der Waals surface area contributed by atoms with Crippen LogP contribution in [-0.2, 0) is 11.3 Å². The highest BCUT2D eigenvalue weighted by Crippen LogP contribution is 2.26. The third-order valence-electron chi connectivity index (χ3n) is 3.39. The summed E-state index contributed by atoms with van der Waals surface area (Å²) in [6.07, 6.45) is 0.411. The number of carbonyl (C=O) groups excluding carboxylic acids is 1. The lowest BCUT2D eigenvalue weighted by molar-refractivity contribution is -0.385. The fourth-order valence-electron chi connectivity index (χ4n) is 2.37. The number of nitrogens with one attached hydrogen (secondary N) is 1. The van der Waals surface area contributed by atoms with Gasteiger partial charge in [-0.3, -0.25) is 15.0 Å². The smallest absolute Gasteiger partial charge is 0.407 e. The van der Waals surface area contributed by atoms with E-state index in [9.17, 15) is 14.9 Å². The van der Waals surface area contributed by atoms with Crippen molar-refractivity contribution in [3.63, 3.8) is 0 Å². The fourth-order valence-corrected chi connectivity index (χ4v) is 2.77. The summed E-state index contributed by atoms with van der Waals surface area (Å²) in [5.74, 6) is 0. The van der Waals surface area contributed by atoms with E-state index in [2.05, 4.69) is 30.9 Å². The van der Waals surface area contributed by atoms with Crippen LogP contribution in [0.5, 0.6) is 0 Å². The van der Waals surface area contributed by atoms with E-state index in [1.165, 1.54) is 7.11 Å². The van der Waals surface area contributed by atoms with Crippen molar-refractivity contribution in [2.24, 2.45) is 0 Å². The molecule has 0 aromatic heterocycles. The van der Waals surface area contributed by atoms with Crippen molar-refractivity contribution in [1.29, 1.82) is 0 Å². The number of carbonyl (C=O) groups is 1. The van der Waals surface area contributed by atoms with Gasteiger partial charge < -0.3 is 10.1 Å². The van der Waals surface area contributed by atoms with Crippen molar-refractivity contribution >= 4 is 27.7 Å². The number of halogens is 1. The van der Waals surface area contributed by atoms with Crippen LogP contribution in [0.15, 0.2) is 22.7 Å². The number of hydrogen-bond donors (Lipinski definition) is 1. The van der Waals surface area contributed by atoms with E-state index in [1.807, 2.05) is 6.07 Å². The quantitative estimate of drug-likeness (QED) is 0.659. The average Bonchev–Trinajstić information content (AvgIpc) is 2.87. The summed E-state index contributed by atoms with van der Waals surface area (Å²) in [5.41, 5.74) is 0.944. The molecule has 1 amide bonds. The van der Waals surface area contributed by atoms with Gasteiger partial charge in [0.05, 0.1) is 16.5 Å². The molecular formula is C13H16BrN3O4. The van der Waals surface area contributed by atoms with Crippen LogP contribution < -0.4 is 5.32 Å². The van der Waals surface area contributed by atoms with E-state index in [4.69, 9.17) is 0 Å². The van der Waals surface area contributed by atoms with Crippen molar-refractivity contribution in [2.45, 2.75) is 19.0 Å². The monoisotopic (exact) mass is 357 g/mol. The lowest BCUT2D eigenvalue weighted by atomic mass is 10.2. The van der Waals surface area contributed by atoms with Crippen LogP contribution >= 0.6 is 15.9 Å². The van der Waals surface area contributed by atoms with Gasteiger partial charge >= 0.3 is 6.09 Å². The molecular weight excluding hydrogens is 342 g/mol. The number of likely N-dealkylation sites (tertiary alicyclic amines) is 1. The summed E-state index contributed by atoms with van der Waals surface area (Å²) in [7, 11) is 1.34. The van der Waals surface area contributed by atoms with E-state index in [-0.39, 0.29) is 11.7 Å². The fraction of sp³-hybridized carbons (Fsp3) is 0.462. The zero-order chi connectivity index (χ0) is 15.4. The lowest BCUT2D eigenvalue weighted by Crippen LogP contribution is -2.36. The number of rotatable bonds is 4. The Morgan fingerprint density at radius 1 is 1.62 bits per heavy atom. The first-order valence-corrected chi connectivity index (χ1v) is 7.28. The molecule has 114 valence electrons. The van der Waals surface area contributed by atoms with Crippen LogP contribution in [0.1, 0.15) is 12.0 Å². The molecule has 1 atom stereocenters. The molecule has 21 heavy (non-hydrogen) atoms. The first kappa shape index (κ1) is 15.7. The van der Waals surface area contributed by atoms with E-state index in [0.717, 1.165) is 18.5 Å². The summed E-state index contributed by atoms with van der Waals surface area (Å²) in [5, 5.41) is 13.7. The van der Waals surface area contributed by atoms with Gasteiger partial charge in [0.1, 0.15) is 0 Å². The van der Waals surface area contributed by atoms with Gasteiger partial charge in [-0.25, -0.2) is 4.79 Å². The number of hydrogen-bond acceptors (Lipinski definition) is 5. The van der Waals surface area contributed by atoms with Gasteiger partial charge in [-0.15, -0.1) is 0 Å². The number of ether oxygens (including phenoxy) is 1. The lowest BCUT2D eigenvalue weighted by Gasteiger charge is -2.16. The Morgan fingerprint density at radius 2 is 2.38 bits per heavy atom. The molecule has 1 N–H and O–H groups in total. The number of benzene rings is 1. The Labute approximate surface area is 130 Å².